The number of hydrogen-bond donors (Lipinski definition) is 0. The first kappa shape index (κ1) is 11.5. The van der Waals surface area contributed by atoms with Gasteiger partial charge in [-0.3, -0.25) is 4.79 Å². The van der Waals surface area contributed by atoms with E-state index in [4.69, 9.17) is 0 Å². The summed E-state index contributed by atoms with van der Waals surface area (Å²) in [7, 11) is 0. The number of aryl methyl sites for hydroxylation is 1. The molecule has 1 aliphatic carbocycles. The van der Waals surface area contributed by atoms with Crippen LogP contribution in [-0.4, -0.2) is 5.78 Å². The van der Waals surface area contributed by atoms with Crippen molar-refractivity contribution in [2.75, 3.05) is 0 Å². The van der Waals surface area contributed by atoms with E-state index >= 15 is 0 Å². The Hall–Kier alpha value is -1.63. The van der Waals surface area contributed by atoms with Crippen molar-refractivity contribution in [1.82, 2.24) is 0 Å². The van der Waals surface area contributed by atoms with Gasteiger partial charge in [0.15, 0.2) is 0 Å². The maximum absolute atomic E-state index is 12.2. The van der Waals surface area contributed by atoms with Crippen LogP contribution in [-0.2, 0) is 17.6 Å². The fourth-order valence-corrected chi connectivity index (χ4v) is 3.02. The zero-order chi connectivity index (χ0) is 12.8. The van der Waals surface area contributed by atoms with Crippen LogP contribution < -0.4 is 0 Å². The van der Waals surface area contributed by atoms with Crippen LogP contribution in [0.1, 0.15) is 31.4 Å². The van der Waals surface area contributed by atoms with Gasteiger partial charge in [0.25, 0.3) is 0 Å². The van der Waals surface area contributed by atoms with Crippen molar-refractivity contribution in [1.29, 1.82) is 0 Å². The molecule has 0 atom stereocenters. The molecule has 92 valence electrons. The highest BCUT2D eigenvalue weighted by atomic mass is 16.1. The summed E-state index contributed by atoms with van der Waals surface area (Å²) in [4.78, 5) is 12.2. The van der Waals surface area contributed by atoms with Crippen molar-refractivity contribution in [3.8, 4) is 0 Å². The van der Waals surface area contributed by atoms with Crippen LogP contribution in [0.3, 0.4) is 0 Å². The zero-order valence-electron chi connectivity index (χ0n) is 11.0. The number of ketones is 1. The Labute approximate surface area is 108 Å². The van der Waals surface area contributed by atoms with E-state index in [0.717, 1.165) is 12.8 Å². The third-order valence-corrected chi connectivity index (χ3v) is 4.09. The molecule has 0 aliphatic heterocycles. The predicted octanol–water partition coefficient (Wildman–Crippen LogP) is 3.92. The third-order valence-electron chi connectivity index (χ3n) is 4.09. The van der Waals surface area contributed by atoms with E-state index in [1.54, 1.807) is 0 Å². The number of Topliss-reactive ketones (excluding diaryl/α,β-unsaturated/α-hetero) is 1. The number of rotatable bonds is 0. The van der Waals surface area contributed by atoms with Gasteiger partial charge in [0.05, 0.1) is 0 Å². The summed E-state index contributed by atoms with van der Waals surface area (Å²) in [5, 5.41) is 2.68. The third kappa shape index (κ3) is 1.74. The highest BCUT2D eigenvalue weighted by Gasteiger charge is 2.29. The summed E-state index contributed by atoms with van der Waals surface area (Å²) in [6, 6.07) is 12.9. The second-order valence-electron chi connectivity index (χ2n) is 5.92. The molecule has 0 aromatic heterocycles. The quantitative estimate of drug-likeness (QED) is 0.679. The van der Waals surface area contributed by atoms with Crippen LogP contribution >= 0.6 is 0 Å². The van der Waals surface area contributed by atoms with Crippen molar-refractivity contribution < 1.29 is 4.79 Å². The summed E-state index contributed by atoms with van der Waals surface area (Å²) in [6.07, 6.45) is 2.39. The first-order valence-corrected chi connectivity index (χ1v) is 6.61. The molecule has 0 heterocycles. The SMILES string of the molecule is CC1(C)Cc2cccc3cccc(c23)CCC1=O. The molecular formula is C17H18O. The summed E-state index contributed by atoms with van der Waals surface area (Å²) >= 11 is 0. The lowest BCUT2D eigenvalue weighted by Gasteiger charge is -2.27. The minimum absolute atomic E-state index is 0.234. The van der Waals surface area contributed by atoms with Gasteiger partial charge >= 0.3 is 0 Å². The summed E-state index contributed by atoms with van der Waals surface area (Å²) in [5.41, 5.74) is 2.41. The van der Waals surface area contributed by atoms with Gasteiger partial charge in [-0.15, -0.1) is 0 Å². The second kappa shape index (κ2) is 3.94. The molecule has 0 saturated carbocycles. The van der Waals surface area contributed by atoms with E-state index in [1.165, 1.54) is 21.9 Å². The molecule has 0 bridgehead atoms. The zero-order valence-corrected chi connectivity index (χ0v) is 11.0. The van der Waals surface area contributed by atoms with Gasteiger partial charge in [-0.05, 0) is 34.7 Å². The lowest BCUT2D eigenvalue weighted by atomic mass is 9.76. The van der Waals surface area contributed by atoms with Gasteiger partial charge in [0.2, 0.25) is 0 Å². The first-order valence-electron chi connectivity index (χ1n) is 6.61. The van der Waals surface area contributed by atoms with Crippen molar-refractivity contribution in [3.63, 3.8) is 0 Å². The van der Waals surface area contributed by atoms with Gasteiger partial charge < -0.3 is 0 Å². The molecule has 1 nitrogen and oxygen atoms in total. The smallest absolute Gasteiger partial charge is 0.139 e. The van der Waals surface area contributed by atoms with Crippen LogP contribution in [0, 0.1) is 5.41 Å². The average molecular weight is 238 g/mol. The average Bonchev–Trinajstić information content (AvgIpc) is 2.34. The maximum Gasteiger partial charge on any atom is 0.139 e. The van der Waals surface area contributed by atoms with E-state index in [-0.39, 0.29) is 5.41 Å². The number of carbonyl (C=O) groups excluding carboxylic acids is 1. The number of hydrogen-bond acceptors (Lipinski definition) is 1. The van der Waals surface area contributed by atoms with Gasteiger partial charge in [0.1, 0.15) is 5.78 Å². The Kier molecular flexibility index (Phi) is 2.51. The largest absolute Gasteiger partial charge is 0.299 e. The standard InChI is InChI=1S/C17H18O/c1-17(2)11-14-8-4-6-12-5-3-7-13(16(12)14)9-10-15(17)18/h3-8H,9-11H2,1-2H3. The van der Waals surface area contributed by atoms with Crippen molar-refractivity contribution >= 4 is 16.6 Å². The Morgan fingerprint density at radius 1 is 0.944 bits per heavy atom. The van der Waals surface area contributed by atoms with Crippen LogP contribution in [0.2, 0.25) is 0 Å². The number of benzene rings is 2. The normalized spacial score (nSPS) is 18.4. The molecule has 3 rings (SSSR count). The fourth-order valence-electron chi connectivity index (χ4n) is 3.02. The summed E-state index contributed by atoms with van der Waals surface area (Å²) < 4.78 is 0. The highest BCUT2D eigenvalue weighted by Crippen LogP contribution is 2.34. The molecule has 0 radical (unpaired) electrons. The molecule has 2 aromatic carbocycles. The van der Waals surface area contributed by atoms with Gasteiger partial charge in [-0.25, -0.2) is 0 Å². The van der Waals surface area contributed by atoms with Gasteiger partial charge in [-0.1, -0.05) is 50.2 Å². The first-order chi connectivity index (χ1) is 8.58. The van der Waals surface area contributed by atoms with Crippen molar-refractivity contribution in [2.24, 2.45) is 5.41 Å². The Morgan fingerprint density at radius 2 is 1.61 bits per heavy atom. The molecule has 1 aliphatic rings. The Balaban J connectivity index is 2.28. The van der Waals surface area contributed by atoms with E-state index in [1.807, 2.05) is 0 Å². The second-order valence-corrected chi connectivity index (χ2v) is 5.92. The Bertz CT molecular complexity index is 617. The highest BCUT2D eigenvalue weighted by molar-refractivity contribution is 5.92. The van der Waals surface area contributed by atoms with Crippen LogP contribution in [0.5, 0.6) is 0 Å². The summed E-state index contributed by atoms with van der Waals surface area (Å²) in [6.45, 7) is 4.14. The topological polar surface area (TPSA) is 17.1 Å². The monoisotopic (exact) mass is 238 g/mol. The molecule has 0 amide bonds. The molecular weight excluding hydrogens is 220 g/mol. The Morgan fingerprint density at radius 3 is 2.33 bits per heavy atom. The molecule has 0 unspecified atom stereocenters. The van der Waals surface area contributed by atoms with E-state index in [2.05, 4.69) is 50.2 Å². The summed E-state index contributed by atoms with van der Waals surface area (Å²) in [5.74, 6) is 0.383. The van der Waals surface area contributed by atoms with Crippen molar-refractivity contribution in [2.45, 2.75) is 33.1 Å². The molecule has 1 heteroatoms. The van der Waals surface area contributed by atoms with E-state index in [0.29, 0.717) is 12.2 Å². The van der Waals surface area contributed by atoms with Crippen LogP contribution in [0.15, 0.2) is 36.4 Å². The molecule has 0 spiro atoms. The fraction of sp³-hybridized carbons (Fsp3) is 0.353. The van der Waals surface area contributed by atoms with E-state index in [9.17, 15) is 4.79 Å². The van der Waals surface area contributed by atoms with E-state index < -0.39 is 0 Å². The molecule has 0 saturated heterocycles. The number of carbonyl (C=O) groups is 1. The van der Waals surface area contributed by atoms with Crippen molar-refractivity contribution in [3.05, 3.63) is 47.5 Å². The minimum atomic E-state index is -0.234. The van der Waals surface area contributed by atoms with Gasteiger partial charge in [0, 0.05) is 11.8 Å². The minimum Gasteiger partial charge on any atom is -0.299 e. The van der Waals surface area contributed by atoms with Crippen LogP contribution in [0.4, 0.5) is 0 Å². The van der Waals surface area contributed by atoms with Crippen LogP contribution in [0.25, 0.3) is 10.8 Å². The lowest BCUT2D eigenvalue weighted by Crippen LogP contribution is -2.28. The van der Waals surface area contributed by atoms with Gasteiger partial charge in [-0.2, -0.15) is 0 Å². The molecule has 18 heavy (non-hydrogen) atoms. The molecule has 0 fully saturated rings. The maximum atomic E-state index is 12.2. The molecule has 2 aromatic rings. The lowest BCUT2D eigenvalue weighted by molar-refractivity contribution is -0.127. The predicted molar refractivity (Wildman–Crippen MR) is 74.8 cm³/mol. The molecule has 0 N–H and O–H groups in total.